The number of barbiturate groups is 1. The van der Waals surface area contributed by atoms with Gasteiger partial charge in [-0.2, -0.15) is 0 Å². The number of hydrogen-bond acceptors (Lipinski definition) is 5. The van der Waals surface area contributed by atoms with Gasteiger partial charge in [0.25, 0.3) is 0 Å². The van der Waals surface area contributed by atoms with Gasteiger partial charge < -0.3 is 10.4 Å². The second-order valence-corrected chi connectivity index (χ2v) is 7.25. The lowest BCUT2D eigenvalue weighted by atomic mass is 9.70. The Morgan fingerprint density at radius 3 is 2.34 bits per heavy atom. The smallest absolute Gasteiger partial charge is 0.328 e. The number of imide groups is 2. The number of carbonyl (C=O) groups is 3. The summed E-state index contributed by atoms with van der Waals surface area (Å²) < 4.78 is 0. The molecule has 3 rings (SSSR count). The average Bonchev–Trinajstić information content (AvgIpc) is 3.26. The van der Waals surface area contributed by atoms with Gasteiger partial charge in [0, 0.05) is 12.0 Å². The lowest BCUT2D eigenvalue weighted by molar-refractivity contribution is -0.147. The van der Waals surface area contributed by atoms with E-state index in [9.17, 15) is 19.5 Å². The van der Waals surface area contributed by atoms with Crippen LogP contribution in [0.1, 0.15) is 37.9 Å². The standard InChI is InChI=1S/C12H14N2O3.C10H15NO/c1-2-7-12(8-5-3-4-6-8)9(15)13-11(17)14-10(12)16;1-8(11-2)10(12)9-6-4-3-5-7-9/h2-3,5,8H,1,4,6-7H2,(H2,13,14,15,16,17);3-8,10-12H,1-2H3/t;8-,10-/m.0/s1. The van der Waals surface area contributed by atoms with E-state index >= 15 is 0 Å². The summed E-state index contributed by atoms with van der Waals surface area (Å²) in [5.41, 5.74) is -0.262. The van der Waals surface area contributed by atoms with Crippen LogP contribution in [-0.2, 0) is 9.59 Å². The molecule has 1 unspecified atom stereocenters. The molecule has 4 amide bonds. The minimum atomic E-state index is -1.22. The lowest BCUT2D eigenvalue weighted by Crippen LogP contribution is -2.64. The normalized spacial score (nSPS) is 22.0. The first-order chi connectivity index (χ1) is 13.9. The van der Waals surface area contributed by atoms with Crippen molar-refractivity contribution in [2.75, 3.05) is 7.05 Å². The molecule has 7 nitrogen and oxygen atoms in total. The van der Waals surface area contributed by atoms with Gasteiger partial charge in [-0.25, -0.2) is 4.79 Å². The highest BCUT2D eigenvalue weighted by Crippen LogP contribution is 2.40. The number of allylic oxidation sites excluding steroid dienone is 3. The first-order valence-electron chi connectivity index (χ1n) is 9.71. The number of likely N-dealkylation sites (N-methyl/N-ethyl adjacent to an activating group) is 1. The Morgan fingerprint density at radius 1 is 1.24 bits per heavy atom. The molecule has 1 aliphatic carbocycles. The van der Waals surface area contributed by atoms with Gasteiger partial charge in [-0.1, -0.05) is 48.6 Å². The summed E-state index contributed by atoms with van der Waals surface area (Å²) in [4.78, 5) is 35.2. The van der Waals surface area contributed by atoms with E-state index < -0.39 is 29.4 Å². The highest BCUT2D eigenvalue weighted by Gasteiger charge is 2.54. The Morgan fingerprint density at radius 2 is 1.86 bits per heavy atom. The van der Waals surface area contributed by atoms with Crippen LogP contribution >= 0.6 is 0 Å². The topological polar surface area (TPSA) is 108 Å². The van der Waals surface area contributed by atoms with Crippen LogP contribution in [0.25, 0.3) is 0 Å². The molecule has 1 heterocycles. The number of aliphatic hydroxyl groups is 1. The molecule has 7 heteroatoms. The van der Waals surface area contributed by atoms with E-state index in [1.807, 2.05) is 56.5 Å². The SMILES string of the molecule is C=CCC1(C2C=CCC2)C(=O)NC(=O)NC1=O.CN[C@@H](C)[C@H](O)c1ccccc1. The fourth-order valence-electron chi connectivity index (χ4n) is 3.60. The highest BCUT2D eigenvalue weighted by atomic mass is 16.3. The maximum absolute atomic E-state index is 12.0. The molecule has 0 spiro atoms. The molecule has 1 aliphatic heterocycles. The van der Waals surface area contributed by atoms with Gasteiger partial charge in [0.15, 0.2) is 0 Å². The summed E-state index contributed by atoms with van der Waals surface area (Å²) in [5.74, 6) is -1.22. The first kappa shape index (κ1) is 22.5. The molecule has 1 fully saturated rings. The quantitative estimate of drug-likeness (QED) is 0.433. The third-order valence-electron chi connectivity index (χ3n) is 5.45. The fraction of sp³-hybridized carbons (Fsp3) is 0.409. The van der Waals surface area contributed by atoms with E-state index in [0.717, 1.165) is 18.4 Å². The summed E-state index contributed by atoms with van der Waals surface area (Å²) in [7, 11) is 1.84. The minimum Gasteiger partial charge on any atom is -0.387 e. The number of aliphatic hydroxyl groups excluding tert-OH is 1. The van der Waals surface area contributed by atoms with Crippen molar-refractivity contribution in [3.05, 3.63) is 60.7 Å². The first-order valence-corrected chi connectivity index (χ1v) is 9.71. The highest BCUT2D eigenvalue weighted by molar-refractivity contribution is 6.19. The molecule has 0 radical (unpaired) electrons. The summed E-state index contributed by atoms with van der Waals surface area (Å²) >= 11 is 0. The van der Waals surface area contributed by atoms with Gasteiger partial charge in [-0.15, -0.1) is 6.58 Å². The van der Waals surface area contributed by atoms with Crippen LogP contribution < -0.4 is 16.0 Å². The van der Waals surface area contributed by atoms with Gasteiger partial charge >= 0.3 is 6.03 Å². The number of hydrogen-bond donors (Lipinski definition) is 4. The summed E-state index contributed by atoms with van der Waals surface area (Å²) in [6, 6.07) is 9.01. The molecule has 1 aromatic carbocycles. The predicted octanol–water partition coefficient (Wildman–Crippen LogP) is 2.21. The third kappa shape index (κ3) is 4.99. The van der Waals surface area contributed by atoms with Crippen molar-refractivity contribution in [2.24, 2.45) is 11.3 Å². The minimum absolute atomic E-state index is 0.0902. The molecule has 0 bridgehead atoms. The van der Waals surface area contributed by atoms with Crippen molar-refractivity contribution in [3.63, 3.8) is 0 Å². The summed E-state index contributed by atoms with van der Waals surface area (Å²) in [6.07, 6.45) is 6.76. The predicted molar refractivity (Wildman–Crippen MR) is 111 cm³/mol. The zero-order valence-electron chi connectivity index (χ0n) is 16.9. The van der Waals surface area contributed by atoms with Crippen molar-refractivity contribution >= 4 is 17.8 Å². The van der Waals surface area contributed by atoms with E-state index in [-0.39, 0.29) is 18.4 Å². The average molecular weight is 399 g/mol. The molecular weight excluding hydrogens is 370 g/mol. The van der Waals surface area contributed by atoms with E-state index in [0.29, 0.717) is 0 Å². The van der Waals surface area contributed by atoms with Crippen LogP contribution in [0.2, 0.25) is 0 Å². The Kier molecular flexibility index (Phi) is 7.87. The zero-order chi connectivity index (χ0) is 21.4. The van der Waals surface area contributed by atoms with E-state index in [2.05, 4.69) is 22.5 Å². The number of urea groups is 1. The van der Waals surface area contributed by atoms with Gasteiger partial charge in [0.05, 0.1) is 6.10 Å². The number of amides is 4. The van der Waals surface area contributed by atoms with Crippen molar-refractivity contribution < 1.29 is 19.5 Å². The second-order valence-electron chi connectivity index (χ2n) is 7.25. The lowest BCUT2D eigenvalue weighted by Gasteiger charge is -2.37. The van der Waals surface area contributed by atoms with Crippen molar-refractivity contribution in [2.45, 2.75) is 38.3 Å². The number of nitrogens with one attached hydrogen (secondary N) is 3. The largest absolute Gasteiger partial charge is 0.387 e. The van der Waals surface area contributed by atoms with E-state index in [4.69, 9.17) is 0 Å². The van der Waals surface area contributed by atoms with Gasteiger partial charge in [-0.05, 0) is 38.8 Å². The Bertz CT molecular complexity index is 756. The Labute approximate surface area is 171 Å². The molecule has 156 valence electrons. The van der Waals surface area contributed by atoms with Crippen LogP contribution in [0.3, 0.4) is 0 Å². The maximum Gasteiger partial charge on any atom is 0.328 e. The van der Waals surface area contributed by atoms with E-state index in [1.54, 1.807) is 6.08 Å². The number of carbonyl (C=O) groups excluding carboxylic acids is 3. The zero-order valence-corrected chi connectivity index (χ0v) is 16.9. The maximum atomic E-state index is 12.0. The molecule has 0 saturated carbocycles. The summed E-state index contributed by atoms with van der Waals surface area (Å²) in [5, 5.41) is 17.1. The summed E-state index contributed by atoms with van der Waals surface area (Å²) in [6.45, 7) is 5.55. The van der Waals surface area contributed by atoms with Crippen molar-refractivity contribution in [1.29, 1.82) is 0 Å². The van der Waals surface area contributed by atoms with Crippen LogP contribution in [0.5, 0.6) is 0 Å². The van der Waals surface area contributed by atoms with Gasteiger partial charge in [-0.3, -0.25) is 20.2 Å². The number of rotatable bonds is 6. The Balaban J connectivity index is 0.000000221. The molecule has 29 heavy (non-hydrogen) atoms. The second kappa shape index (κ2) is 10.1. The molecule has 0 aromatic heterocycles. The van der Waals surface area contributed by atoms with Gasteiger partial charge in [0.2, 0.25) is 11.8 Å². The van der Waals surface area contributed by atoms with Crippen LogP contribution in [0.4, 0.5) is 4.79 Å². The molecule has 1 aromatic rings. The van der Waals surface area contributed by atoms with Crippen molar-refractivity contribution in [1.82, 2.24) is 16.0 Å². The molecular formula is C22H29N3O4. The van der Waals surface area contributed by atoms with Crippen LogP contribution in [0, 0.1) is 11.3 Å². The van der Waals surface area contributed by atoms with E-state index in [1.165, 1.54) is 0 Å². The monoisotopic (exact) mass is 399 g/mol. The third-order valence-corrected chi connectivity index (χ3v) is 5.45. The molecule has 3 atom stereocenters. The number of benzene rings is 1. The van der Waals surface area contributed by atoms with Crippen molar-refractivity contribution in [3.8, 4) is 0 Å². The fourth-order valence-corrected chi connectivity index (χ4v) is 3.60. The molecule has 1 saturated heterocycles. The molecule has 2 aliphatic rings. The van der Waals surface area contributed by atoms with Crippen LogP contribution in [0.15, 0.2) is 55.1 Å². The Hall–Kier alpha value is -2.77. The molecule has 4 N–H and O–H groups in total. The van der Waals surface area contributed by atoms with Crippen LogP contribution in [-0.4, -0.2) is 36.0 Å². The van der Waals surface area contributed by atoms with Gasteiger partial charge in [0.1, 0.15) is 5.41 Å².